The van der Waals surface area contributed by atoms with Crippen LogP contribution in [0, 0.1) is 13.8 Å². The van der Waals surface area contributed by atoms with Crippen molar-refractivity contribution in [1.82, 2.24) is 10.1 Å². The molecule has 0 aliphatic carbocycles. The average molecular weight is 249 g/mol. The maximum atomic E-state index is 11.9. The van der Waals surface area contributed by atoms with E-state index in [0.29, 0.717) is 11.5 Å². The van der Waals surface area contributed by atoms with Crippen molar-refractivity contribution in [3.8, 4) is 0 Å². The quantitative estimate of drug-likeness (QED) is 0.765. The van der Waals surface area contributed by atoms with Crippen molar-refractivity contribution in [3.63, 3.8) is 0 Å². The van der Waals surface area contributed by atoms with Gasteiger partial charge in [0.15, 0.2) is 0 Å². The van der Waals surface area contributed by atoms with Gasteiger partial charge in [-0.3, -0.25) is 4.79 Å². The van der Waals surface area contributed by atoms with Gasteiger partial charge in [0.1, 0.15) is 16.9 Å². The number of aromatic amines is 1. The molecule has 7 nitrogen and oxygen atoms in total. The molecule has 0 aliphatic heterocycles. The van der Waals surface area contributed by atoms with Crippen molar-refractivity contribution >= 4 is 17.6 Å². The first-order valence-corrected chi connectivity index (χ1v) is 5.14. The van der Waals surface area contributed by atoms with Crippen LogP contribution in [0.2, 0.25) is 0 Å². The van der Waals surface area contributed by atoms with E-state index in [1.54, 1.807) is 13.8 Å². The summed E-state index contributed by atoms with van der Waals surface area (Å²) in [6.45, 7) is 3.21. The number of carboxylic acid groups (broad SMARTS) is 1. The highest BCUT2D eigenvalue weighted by atomic mass is 16.5. The number of aromatic carboxylic acids is 1. The molecular weight excluding hydrogens is 238 g/mol. The normalized spacial score (nSPS) is 10.3. The lowest BCUT2D eigenvalue weighted by Crippen LogP contribution is -2.14. The number of rotatable bonds is 3. The maximum absolute atomic E-state index is 11.9. The number of aryl methyl sites for hydroxylation is 2. The van der Waals surface area contributed by atoms with E-state index in [1.165, 1.54) is 12.4 Å². The maximum Gasteiger partial charge on any atom is 0.339 e. The molecule has 2 aromatic heterocycles. The Kier molecular flexibility index (Phi) is 2.88. The third-order valence-electron chi connectivity index (χ3n) is 2.53. The van der Waals surface area contributed by atoms with E-state index in [1.807, 2.05) is 0 Å². The second-order valence-electron chi connectivity index (χ2n) is 3.76. The molecule has 0 fully saturated rings. The average Bonchev–Trinajstić information content (AvgIpc) is 2.85. The molecule has 2 aromatic rings. The topological polar surface area (TPSA) is 108 Å². The monoisotopic (exact) mass is 249 g/mol. The molecule has 2 heterocycles. The zero-order valence-corrected chi connectivity index (χ0v) is 9.77. The molecule has 0 unspecified atom stereocenters. The van der Waals surface area contributed by atoms with Crippen LogP contribution in [-0.4, -0.2) is 27.1 Å². The van der Waals surface area contributed by atoms with E-state index in [4.69, 9.17) is 9.63 Å². The van der Waals surface area contributed by atoms with Gasteiger partial charge >= 0.3 is 5.97 Å². The number of carboxylic acids is 1. The molecule has 0 radical (unpaired) electrons. The molecule has 0 aliphatic rings. The zero-order valence-electron chi connectivity index (χ0n) is 9.77. The Hall–Kier alpha value is -2.57. The van der Waals surface area contributed by atoms with Crippen molar-refractivity contribution in [1.29, 1.82) is 0 Å². The van der Waals surface area contributed by atoms with E-state index < -0.39 is 11.9 Å². The molecule has 7 heteroatoms. The molecule has 1 amide bonds. The van der Waals surface area contributed by atoms with Crippen molar-refractivity contribution in [2.24, 2.45) is 0 Å². The van der Waals surface area contributed by atoms with Gasteiger partial charge in [0.05, 0.1) is 11.9 Å². The fraction of sp³-hybridized carbons (Fsp3) is 0.182. The summed E-state index contributed by atoms with van der Waals surface area (Å²) >= 11 is 0. The molecule has 0 aromatic carbocycles. The van der Waals surface area contributed by atoms with Crippen LogP contribution in [0.3, 0.4) is 0 Å². The van der Waals surface area contributed by atoms with Gasteiger partial charge < -0.3 is 19.9 Å². The van der Waals surface area contributed by atoms with E-state index >= 15 is 0 Å². The number of nitrogens with zero attached hydrogens (tertiary/aromatic N) is 1. The molecule has 0 spiro atoms. The number of hydrogen-bond donors (Lipinski definition) is 3. The summed E-state index contributed by atoms with van der Waals surface area (Å²) in [7, 11) is 0. The minimum Gasteiger partial charge on any atom is -0.478 e. The standard InChI is InChI=1S/C11H11N3O4/c1-5-9(11(16)17)8(4-12-5)14-10(15)7-3-13-18-6(7)2/h3-4,12H,1-2H3,(H,14,15)(H,16,17). The number of carbonyl (C=O) groups excluding carboxylic acids is 1. The van der Waals surface area contributed by atoms with Crippen molar-refractivity contribution in [3.05, 3.63) is 35.0 Å². The largest absolute Gasteiger partial charge is 0.478 e. The van der Waals surface area contributed by atoms with Gasteiger partial charge in [-0.25, -0.2) is 4.79 Å². The van der Waals surface area contributed by atoms with Crippen molar-refractivity contribution in [2.45, 2.75) is 13.8 Å². The highest BCUT2D eigenvalue weighted by Crippen LogP contribution is 2.20. The Morgan fingerprint density at radius 2 is 2.17 bits per heavy atom. The van der Waals surface area contributed by atoms with Crippen LogP contribution in [0.15, 0.2) is 16.9 Å². The number of anilines is 1. The third kappa shape index (κ3) is 1.97. The summed E-state index contributed by atoms with van der Waals surface area (Å²) in [5.74, 6) is -1.20. The summed E-state index contributed by atoms with van der Waals surface area (Å²) in [5, 5.41) is 15.0. The molecule has 0 saturated carbocycles. The predicted molar refractivity (Wildman–Crippen MR) is 61.7 cm³/mol. The van der Waals surface area contributed by atoms with Crippen molar-refractivity contribution < 1.29 is 19.2 Å². The van der Waals surface area contributed by atoms with E-state index in [0.717, 1.165) is 0 Å². The first-order chi connectivity index (χ1) is 8.50. The van der Waals surface area contributed by atoms with Gasteiger partial charge in [-0.1, -0.05) is 5.16 Å². The minimum absolute atomic E-state index is 0.0393. The van der Waals surface area contributed by atoms with Crippen LogP contribution >= 0.6 is 0 Å². The Balaban J connectivity index is 2.28. The third-order valence-corrected chi connectivity index (χ3v) is 2.53. The van der Waals surface area contributed by atoms with Gasteiger partial charge in [0.2, 0.25) is 0 Å². The number of aromatic nitrogens is 2. The highest BCUT2D eigenvalue weighted by molar-refractivity contribution is 6.08. The van der Waals surface area contributed by atoms with Gasteiger partial charge in [0.25, 0.3) is 5.91 Å². The van der Waals surface area contributed by atoms with E-state index in [2.05, 4.69) is 15.5 Å². The molecule has 94 valence electrons. The molecule has 0 bridgehead atoms. The highest BCUT2D eigenvalue weighted by Gasteiger charge is 2.19. The van der Waals surface area contributed by atoms with Crippen LogP contribution in [0.25, 0.3) is 0 Å². The molecular formula is C11H11N3O4. The smallest absolute Gasteiger partial charge is 0.339 e. The zero-order chi connectivity index (χ0) is 13.3. The molecule has 18 heavy (non-hydrogen) atoms. The van der Waals surface area contributed by atoms with Crippen LogP contribution in [-0.2, 0) is 0 Å². The van der Waals surface area contributed by atoms with Crippen LogP contribution in [0.5, 0.6) is 0 Å². The number of hydrogen-bond acceptors (Lipinski definition) is 4. The summed E-state index contributed by atoms with van der Waals surface area (Å²) in [5.41, 5.74) is 0.994. The minimum atomic E-state index is -1.11. The van der Waals surface area contributed by atoms with E-state index in [9.17, 15) is 9.59 Å². The van der Waals surface area contributed by atoms with Gasteiger partial charge in [-0.15, -0.1) is 0 Å². The number of nitrogens with one attached hydrogen (secondary N) is 2. The Bertz CT molecular complexity index is 612. The summed E-state index contributed by atoms with van der Waals surface area (Å²) in [6, 6.07) is 0. The summed E-state index contributed by atoms with van der Waals surface area (Å²) in [4.78, 5) is 25.6. The molecule has 0 saturated heterocycles. The summed E-state index contributed by atoms with van der Waals surface area (Å²) < 4.78 is 4.77. The first-order valence-electron chi connectivity index (χ1n) is 5.14. The Morgan fingerprint density at radius 1 is 1.44 bits per heavy atom. The Labute approximate surface area is 102 Å². The SMILES string of the molecule is Cc1[nH]cc(NC(=O)c2cnoc2C)c1C(=O)O. The molecule has 0 atom stereocenters. The first kappa shape index (κ1) is 11.9. The fourth-order valence-corrected chi connectivity index (χ4v) is 1.61. The lowest BCUT2D eigenvalue weighted by atomic mass is 10.2. The van der Waals surface area contributed by atoms with Crippen LogP contribution in [0.4, 0.5) is 5.69 Å². The lowest BCUT2D eigenvalue weighted by Gasteiger charge is -2.03. The lowest BCUT2D eigenvalue weighted by molar-refractivity contribution is 0.0697. The number of H-pyrrole nitrogens is 1. The van der Waals surface area contributed by atoms with Gasteiger partial charge in [-0.05, 0) is 13.8 Å². The summed E-state index contributed by atoms with van der Waals surface area (Å²) in [6.07, 6.45) is 2.71. The van der Waals surface area contributed by atoms with Crippen molar-refractivity contribution in [2.75, 3.05) is 5.32 Å². The fourth-order valence-electron chi connectivity index (χ4n) is 1.61. The second-order valence-corrected chi connectivity index (χ2v) is 3.76. The predicted octanol–water partition coefficient (Wildman–Crippen LogP) is 1.57. The van der Waals surface area contributed by atoms with Gasteiger partial charge in [0, 0.05) is 11.9 Å². The Morgan fingerprint density at radius 3 is 2.72 bits per heavy atom. The molecule has 3 N–H and O–H groups in total. The number of carbonyl (C=O) groups is 2. The van der Waals surface area contributed by atoms with Gasteiger partial charge in [-0.2, -0.15) is 0 Å². The van der Waals surface area contributed by atoms with Crippen LogP contribution in [0.1, 0.15) is 32.2 Å². The van der Waals surface area contributed by atoms with Crippen LogP contribution < -0.4 is 5.32 Å². The number of amides is 1. The second kappa shape index (κ2) is 4.36. The van der Waals surface area contributed by atoms with E-state index in [-0.39, 0.29) is 16.8 Å². The molecule has 2 rings (SSSR count).